The number of nitrogens with one attached hydrogen (secondary N) is 1. The lowest BCUT2D eigenvalue weighted by molar-refractivity contribution is -0.118. The van der Waals surface area contributed by atoms with Gasteiger partial charge in [0.1, 0.15) is 5.75 Å². The molecule has 0 bridgehead atoms. The zero-order valence-corrected chi connectivity index (χ0v) is 14.2. The van der Waals surface area contributed by atoms with Crippen molar-refractivity contribution in [3.63, 3.8) is 0 Å². The van der Waals surface area contributed by atoms with Crippen molar-refractivity contribution in [1.29, 1.82) is 0 Å². The number of thiophene rings is 1. The van der Waals surface area contributed by atoms with Crippen LogP contribution in [0.5, 0.6) is 5.75 Å². The molecule has 0 unspecified atom stereocenters. The van der Waals surface area contributed by atoms with Gasteiger partial charge in [-0.1, -0.05) is 31.1 Å². The fraction of sp³-hybridized carbons (Fsp3) is 0.235. The van der Waals surface area contributed by atoms with E-state index >= 15 is 0 Å². The Hall–Kier alpha value is -2.67. The zero-order valence-electron chi connectivity index (χ0n) is 13.4. The Labute approximate surface area is 143 Å². The standard InChI is InChI=1S/C17H17N3O3S/c1-11(2)12-3-5-14(6-4-12)22-9-15(21)18-17-20-19-16(23-17)13-7-8-24-10-13/h3-8,10-11H,9H2,1-2H3,(H,18,20,21). The number of carbonyl (C=O) groups excluding carboxylic acids is 1. The van der Waals surface area contributed by atoms with Gasteiger partial charge in [0.15, 0.2) is 6.61 Å². The van der Waals surface area contributed by atoms with Crippen LogP contribution < -0.4 is 10.1 Å². The fourth-order valence-corrected chi connectivity index (χ4v) is 2.66. The third kappa shape index (κ3) is 3.99. The molecule has 7 heteroatoms. The minimum Gasteiger partial charge on any atom is -0.484 e. The zero-order chi connectivity index (χ0) is 16.9. The predicted molar refractivity (Wildman–Crippen MR) is 92.3 cm³/mol. The molecule has 24 heavy (non-hydrogen) atoms. The van der Waals surface area contributed by atoms with Crippen LogP contribution in [0, 0.1) is 0 Å². The van der Waals surface area contributed by atoms with Crippen LogP contribution in [0.2, 0.25) is 0 Å². The van der Waals surface area contributed by atoms with Crippen molar-refractivity contribution in [1.82, 2.24) is 10.2 Å². The maximum atomic E-state index is 11.9. The highest BCUT2D eigenvalue weighted by atomic mass is 32.1. The molecular formula is C17H17N3O3S. The van der Waals surface area contributed by atoms with Gasteiger partial charge in [0.2, 0.25) is 0 Å². The Morgan fingerprint density at radius 2 is 2.04 bits per heavy atom. The average molecular weight is 343 g/mol. The Morgan fingerprint density at radius 3 is 2.71 bits per heavy atom. The maximum absolute atomic E-state index is 11.9. The van der Waals surface area contributed by atoms with E-state index in [0.29, 0.717) is 17.6 Å². The van der Waals surface area contributed by atoms with Gasteiger partial charge in [0.25, 0.3) is 11.8 Å². The number of hydrogen-bond acceptors (Lipinski definition) is 6. The Morgan fingerprint density at radius 1 is 1.25 bits per heavy atom. The first-order chi connectivity index (χ1) is 11.6. The van der Waals surface area contributed by atoms with Crippen molar-refractivity contribution >= 4 is 23.3 Å². The summed E-state index contributed by atoms with van der Waals surface area (Å²) < 4.78 is 10.8. The van der Waals surface area contributed by atoms with Gasteiger partial charge in [-0.25, -0.2) is 0 Å². The smallest absolute Gasteiger partial charge is 0.322 e. The summed E-state index contributed by atoms with van der Waals surface area (Å²) >= 11 is 1.53. The number of carbonyl (C=O) groups is 1. The van der Waals surface area contributed by atoms with Crippen LogP contribution in [0.15, 0.2) is 45.5 Å². The van der Waals surface area contributed by atoms with E-state index in [-0.39, 0.29) is 18.5 Å². The van der Waals surface area contributed by atoms with E-state index < -0.39 is 0 Å². The Bertz CT molecular complexity index is 795. The number of amides is 1. The Kier molecular flexibility index (Phi) is 4.90. The molecule has 6 nitrogen and oxygen atoms in total. The van der Waals surface area contributed by atoms with Crippen molar-refractivity contribution in [2.75, 3.05) is 11.9 Å². The monoisotopic (exact) mass is 343 g/mol. The molecule has 0 atom stereocenters. The minimum atomic E-state index is -0.358. The molecule has 0 saturated carbocycles. The number of benzene rings is 1. The van der Waals surface area contributed by atoms with Crippen molar-refractivity contribution in [2.45, 2.75) is 19.8 Å². The largest absolute Gasteiger partial charge is 0.484 e. The lowest BCUT2D eigenvalue weighted by Crippen LogP contribution is -2.20. The number of hydrogen-bond donors (Lipinski definition) is 1. The van der Waals surface area contributed by atoms with E-state index in [1.807, 2.05) is 41.1 Å². The lowest BCUT2D eigenvalue weighted by Gasteiger charge is -2.08. The van der Waals surface area contributed by atoms with Gasteiger partial charge in [-0.2, -0.15) is 11.3 Å². The number of rotatable bonds is 6. The normalized spacial score (nSPS) is 10.8. The molecule has 0 fully saturated rings. The second-order valence-electron chi connectivity index (χ2n) is 5.48. The van der Waals surface area contributed by atoms with E-state index in [1.165, 1.54) is 16.9 Å². The number of nitrogens with zero attached hydrogens (tertiary/aromatic N) is 2. The molecule has 1 N–H and O–H groups in total. The molecule has 124 valence electrons. The van der Waals surface area contributed by atoms with Crippen molar-refractivity contribution in [3.8, 4) is 17.2 Å². The predicted octanol–water partition coefficient (Wildman–Crippen LogP) is 3.94. The van der Waals surface area contributed by atoms with Crippen molar-refractivity contribution in [2.24, 2.45) is 0 Å². The molecule has 0 aliphatic heterocycles. The quantitative estimate of drug-likeness (QED) is 0.733. The first-order valence-corrected chi connectivity index (χ1v) is 8.45. The highest BCUT2D eigenvalue weighted by molar-refractivity contribution is 7.08. The second-order valence-corrected chi connectivity index (χ2v) is 6.27. The maximum Gasteiger partial charge on any atom is 0.322 e. The van der Waals surface area contributed by atoms with Crippen LogP contribution in [-0.4, -0.2) is 22.7 Å². The molecular weight excluding hydrogens is 326 g/mol. The van der Waals surface area contributed by atoms with Gasteiger partial charge < -0.3 is 9.15 Å². The van der Waals surface area contributed by atoms with Gasteiger partial charge in [-0.05, 0) is 35.1 Å². The van der Waals surface area contributed by atoms with Gasteiger partial charge in [-0.15, -0.1) is 5.10 Å². The van der Waals surface area contributed by atoms with E-state index in [4.69, 9.17) is 9.15 Å². The fourth-order valence-electron chi connectivity index (χ4n) is 2.03. The minimum absolute atomic E-state index is 0.0555. The summed E-state index contributed by atoms with van der Waals surface area (Å²) in [6.07, 6.45) is 0. The molecule has 2 heterocycles. The van der Waals surface area contributed by atoms with Crippen LogP contribution in [-0.2, 0) is 4.79 Å². The molecule has 2 aromatic heterocycles. The van der Waals surface area contributed by atoms with Crippen LogP contribution in [0.1, 0.15) is 25.3 Å². The second kappa shape index (κ2) is 7.27. The molecule has 0 saturated heterocycles. The summed E-state index contributed by atoms with van der Waals surface area (Å²) in [5.74, 6) is 1.11. The number of aromatic nitrogens is 2. The number of anilines is 1. The Balaban J connectivity index is 1.52. The topological polar surface area (TPSA) is 77.2 Å². The summed E-state index contributed by atoms with van der Waals surface area (Å²) in [6.45, 7) is 4.12. The van der Waals surface area contributed by atoms with Crippen LogP contribution >= 0.6 is 11.3 Å². The highest BCUT2D eigenvalue weighted by Gasteiger charge is 2.12. The lowest BCUT2D eigenvalue weighted by atomic mass is 10.0. The van der Waals surface area contributed by atoms with E-state index in [2.05, 4.69) is 29.4 Å². The van der Waals surface area contributed by atoms with Crippen LogP contribution in [0.25, 0.3) is 11.5 Å². The summed E-state index contributed by atoms with van der Waals surface area (Å²) in [7, 11) is 0. The number of ether oxygens (including phenoxy) is 1. The molecule has 0 aliphatic carbocycles. The van der Waals surface area contributed by atoms with Gasteiger partial charge in [0, 0.05) is 10.9 Å². The van der Waals surface area contributed by atoms with Crippen molar-refractivity contribution in [3.05, 3.63) is 46.7 Å². The van der Waals surface area contributed by atoms with E-state index in [0.717, 1.165) is 5.56 Å². The third-order valence-corrected chi connectivity index (χ3v) is 4.04. The summed E-state index contributed by atoms with van der Waals surface area (Å²) in [5.41, 5.74) is 2.05. The molecule has 3 rings (SSSR count). The van der Waals surface area contributed by atoms with Crippen molar-refractivity contribution < 1.29 is 13.9 Å². The van der Waals surface area contributed by atoms with E-state index in [1.54, 1.807) is 0 Å². The molecule has 1 aromatic carbocycles. The van der Waals surface area contributed by atoms with Crippen LogP contribution in [0.4, 0.5) is 6.01 Å². The first kappa shape index (κ1) is 16.2. The van der Waals surface area contributed by atoms with E-state index in [9.17, 15) is 4.79 Å². The average Bonchev–Trinajstić information content (AvgIpc) is 3.24. The molecule has 0 spiro atoms. The molecule has 0 aliphatic rings. The molecule has 1 amide bonds. The first-order valence-electron chi connectivity index (χ1n) is 7.50. The highest BCUT2D eigenvalue weighted by Crippen LogP contribution is 2.22. The van der Waals surface area contributed by atoms with Crippen LogP contribution in [0.3, 0.4) is 0 Å². The summed E-state index contributed by atoms with van der Waals surface area (Å²) in [6, 6.07) is 9.60. The van der Waals surface area contributed by atoms with Gasteiger partial charge in [0.05, 0.1) is 0 Å². The van der Waals surface area contributed by atoms with Gasteiger partial charge in [-0.3, -0.25) is 10.1 Å². The SMILES string of the molecule is CC(C)c1ccc(OCC(=O)Nc2nnc(-c3ccsc3)o2)cc1. The molecule has 3 aromatic rings. The molecule has 0 radical (unpaired) electrons. The van der Waals surface area contributed by atoms with Gasteiger partial charge >= 0.3 is 6.01 Å². The third-order valence-electron chi connectivity index (χ3n) is 3.36. The summed E-state index contributed by atoms with van der Waals surface area (Å²) in [4.78, 5) is 11.9. The summed E-state index contributed by atoms with van der Waals surface area (Å²) in [5, 5.41) is 14.0.